The predicted molar refractivity (Wildman–Crippen MR) is 71.0 cm³/mol. The van der Waals surface area contributed by atoms with Gasteiger partial charge in [0.2, 0.25) is 0 Å². The molecule has 2 rings (SSSR count). The van der Waals surface area contributed by atoms with Gasteiger partial charge in [-0.25, -0.2) is 0 Å². The van der Waals surface area contributed by atoms with E-state index in [0.29, 0.717) is 10.8 Å². The lowest BCUT2D eigenvalue weighted by Crippen LogP contribution is -2.53. The Morgan fingerprint density at radius 3 is 3.17 bits per heavy atom. The molecule has 1 aromatic carbocycles. The van der Waals surface area contributed by atoms with Gasteiger partial charge in [0.1, 0.15) is 5.75 Å². The summed E-state index contributed by atoms with van der Waals surface area (Å²) in [7, 11) is 0. The first-order valence-corrected chi connectivity index (χ1v) is 6.43. The van der Waals surface area contributed by atoms with E-state index in [1.54, 1.807) is 24.3 Å². The lowest BCUT2D eigenvalue weighted by atomic mass is 10.2. The molecule has 0 unspecified atom stereocenters. The molecule has 1 aliphatic heterocycles. The second-order valence-electron chi connectivity index (χ2n) is 4.39. The van der Waals surface area contributed by atoms with Crippen LogP contribution in [-0.4, -0.2) is 43.1 Å². The number of rotatable bonds is 3. The van der Waals surface area contributed by atoms with Crippen molar-refractivity contribution >= 4 is 17.5 Å². The monoisotopic (exact) mass is 268 g/mol. The number of hydrogen-bond donors (Lipinski definition) is 1. The molecule has 1 saturated heterocycles. The van der Waals surface area contributed by atoms with E-state index in [1.165, 1.54) is 0 Å². The normalized spacial score (nSPS) is 19.7. The van der Waals surface area contributed by atoms with Crippen molar-refractivity contribution in [3.8, 4) is 5.75 Å². The Kier molecular flexibility index (Phi) is 4.44. The lowest BCUT2D eigenvalue weighted by Gasteiger charge is -2.33. The van der Waals surface area contributed by atoms with Crippen LogP contribution in [0.5, 0.6) is 5.75 Å². The average molecular weight is 269 g/mol. The van der Waals surface area contributed by atoms with Crippen LogP contribution in [-0.2, 0) is 4.79 Å². The van der Waals surface area contributed by atoms with E-state index in [4.69, 9.17) is 16.3 Å². The fourth-order valence-electron chi connectivity index (χ4n) is 2.00. The molecule has 1 fully saturated rings. The number of nitrogens with one attached hydrogen (secondary N) is 1. The van der Waals surface area contributed by atoms with Crippen molar-refractivity contribution in [1.29, 1.82) is 0 Å². The molecule has 0 saturated carbocycles. The molecule has 1 N–H and O–H groups in total. The first-order chi connectivity index (χ1) is 8.66. The highest BCUT2D eigenvalue weighted by Gasteiger charge is 2.22. The first kappa shape index (κ1) is 13.2. The molecule has 4 nitrogen and oxygen atoms in total. The summed E-state index contributed by atoms with van der Waals surface area (Å²) in [6, 6.07) is 7.29. The van der Waals surface area contributed by atoms with E-state index in [1.807, 2.05) is 11.8 Å². The summed E-state index contributed by atoms with van der Waals surface area (Å²) < 4.78 is 5.45. The van der Waals surface area contributed by atoms with E-state index >= 15 is 0 Å². The van der Waals surface area contributed by atoms with Gasteiger partial charge in [-0.2, -0.15) is 0 Å². The number of halogens is 1. The fraction of sp³-hybridized carbons (Fsp3) is 0.462. The second-order valence-corrected chi connectivity index (χ2v) is 4.82. The number of hydrogen-bond acceptors (Lipinski definition) is 3. The molecule has 0 aliphatic carbocycles. The Bertz CT molecular complexity index is 425. The summed E-state index contributed by atoms with van der Waals surface area (Å²) in [5.41, 5.74) is 0. The zero-order chi connectivity index (χ0) is 13.0. The predicted octanol–water partition coefficient (Wildman–Crippen LogP) is 1.54. The van der Waals surface area contributed by atoms with Gasteiger partial charge in [0, 0.05) is 30.7 Å². The van der Waals surface area contributed by atoms with Crippen LogP contribution in [0, 0.1) is 0 Å². The summed E-state index contributed by atoms with van der Waals surface area (Å²) in [5.74, 6) is 0.641. The average Bonchev–Trinajstić information content (AvgIpc) is 2.37. The smallest absolute Gasteiger partial charge is 0.260 e. The van der Waals surface area contributed by atoms with Crippen molar-refractivity contribution in [3.05, 3.63) is 29.3 Å². The molecule has 0 aromatic heterocycles. The van der Waals surface area contributed by atoms with Crippen LogP contribution in [0.3, 0.4) is 0 Å². The maximum atomic E-state index is 12.0. The van der Waals surface area contributed by atoms with Crippen LogP contribution in [0.2, 0.25) is 5.02 Å². The van der Waals surface area contributed by atoms with Crippen molar-refractivity contribution in [2.24, 2.45) is 0 Å². The van der Waals surface area contributed by atoms with Crippen LogP contribution in [0.15, 0.2) is 24.3 Å². The first-order valence-electron chi connectivity index (χ1n) is 6.05. The minimum absolute atomic E-state index is 0.0176. The fourth-order valence-corrected chi connectivity index (χ4v) is 2.18. The summed E-state index contributed by atoms with van der Waals surface area (Å²) in [6.45, 7) is 4.50. The molecular formula is C13H17ClN2O2. The van der Waals surface area contributed by atoms with Gasteiger partial charge in [-0.05, 0) is 25.1 Å². The number of benzene rings is 1. The zero-order valence-corrected chi connectivity index (χ0v) is 11.1. The number of amides is 1. The maximum Gasteiger partial charge on any atom is 0.260 e. The molecule has 1 atom stereocenters. The van der Waals surface area contributed by atoms with Gasteiger partial charge < -0.3 is 15.0 Å². The van der Waals surface area contributed by atoms with Crippen LogP contribution < -0.4 is 10.1 Å². The Hall–Kier alpha value is -1.26. The Morgan fingerprint density at radius 1 is 1.61 bits per heavy atom. The van der Waals surface area contributed by atoms with Crippen LogP contribution in [0.1, 0.15) is 6.92 Å². The molecular weight excluding hydrogens is 252 g/mol. The highest BCUT2D eigenvalue weighted by atomic mass is 35.5. The van der Waals surface area contributed by atoms with Crippen LogP contribution in [0.25, 0.3) is 0 Å². The number of carbonyl (C=O) groups excluding carboxylic acids is 1. The molecule has 0 radical (unpaired) electrons. The van der Waals surface area contributed by atoms with Gasteiger partial charge in [-0.15, -0.1) is 0 Å². The Balaban J connectivity index is 1.88. The molecule has 1 aliphatic rings. The van der Waals surface area contributed by atoms with Crippen molar-refractivity contribution < 1.29 is 9.53 Å². The van der Waals surface area contributed by atoms with E-state index in [0.717, 1.165) is 19.6 Å². The van der Waals surface area contributed by atoms with Gasteiger partial charge in [0.05, 0.1) is 0 Å². The van der Waals surface area contributed by atoms with E-state index < -0.39 is 0 Å². The second kappa shape index (κ2) is 6.07. The third-order valence-corrected chi connectivity index (χ3v) is 3.22. The molecule has 1 amide bonds. The molecule has 1 heterocycles. The van der Waals surface area contributed by atoms with Gasteiger partial charge >= 0.3 is 0 Å². The van der Waals surface area contributed by atoms with Crippen molar-refractivity contribution in [2.75, 3.05) is 26.2 Å². The van der Waals surface area contributed by atoms with E-state index in [-0.39, 0.29) is 18.6 Å². The number of ether oxygens (including phenoxy) is 1. The highest BCUT2D eigenvalue weighted by Crippen LogP contribution is 2.17. The third kappa shape index (κ3) is 3.37. The van der Waals surface area contributed by atoms with Gasteiger partial charge in [0.25, 0.3) is 5.91 Å². The highest BCUT2D eigenvalue weighted by molar-refractivity contribution is 6.30. The molecule has 1 aromatic rings. The lowest BCUT2D eigenvalue weighted by molar-refractivity contribution is -0.136. The van der Waals surface area contributed by atoms with E-state index in [2.05, 4.69) is 5.32 Å². The standard InChI is InChI=1S/C13H17ClN2O2/c1-10-8-15-5-6-16(10)13(17)9-18-12-4-2-3-11(14)7-12/h2-4,7,10,15H,5-6,8-9H2,1H3/t10-/m1/s1. The van der Waals surface area contributed by atoms with E-state index in [9.17, 15) is 4.79 Å². The quantitative estimate of drug-likeness (QED) is 0.904. The number of nitrogens with zero attached hydrogens (tertiary/aromatic N) is 1. The molecule has 18 heavy (non-hydrogen) atoms. The molecule has 0 spiro atoms. The summed E-state index contributed by atoms with van der Waals surface area (Å²) >= 11 is 5.85. The molecule has 0 bridgehead atoms. The van der Waals surface area contributed by atoms with Gasteiger partial charge in [-0.3, -0.25) is 4.79 Å². The molecule has 98 valence electrons. The van der Waals surface area contributed by atoms with Gasteiger partial charge in [0.15, 0.2) is 6.61 Å². The van der Waals surface area contributed by atoms with Crippen molar-refractivity contribution in [1.82, 2.24) is 10.2 Å². The van der Waals surface area contributed by atoms with Gasteiger partial charge in [-0.1, -0.05) is 17.7 Å². The Morgan fingerprint density at radius 2 is 2.44 bits per heavy atom. The summed E-state index contributed by atoms with van der Waals surface area (Å²) in [6.07, 6.45) is 0. The van der Waals surface area contributed by atoms with Crippen LogP contribution in [0.4, 0.5) is 0 Å². The minimum atomic E-state index is 0.0176. The third-order valence-electron chi connectivity index (χ3n) is 2.98. The van der Waals surface area contributed by atoms with Crippen LogP contribution >= 0.6 is 11.6 Å². The minimum Gasteiger partial charge on any atom is -0.484 e. The SMILES string of the molecule is C[C@@H]1CNCCN1C(=O)COc1cccc(Cl)c1. The Labute approximate surface area is 112 Å². The van der Waals surface area contributed by atoms with Crippen molar-refractivity contribution in [2.45, 2.75) is 13.0 Å². The summed E-state index contributed by atoms with van der Waals surface area (Å²) in [4.78, 5) is 13.9. The maximum absolute atomic E-state index is 12.0. The zero-order valence-electron chi connectivity index (χ0n) is 10.4. The summed E-state index contributed by atoms with van der Waals surface area (Å²) in [5, 5.41) is 3.86. The largest absolute Gasteiger partial charge is 0.484 e. The number of carbonyl (C=O) groups is 1. The topological polar surface area (TPSA) is 41.6 Å². The number of piperazine rings is 1. The molecule has 5 heteroatoms. The van der Waals surface area contributed by atoms with Crippen molar-refractivity contribution in [3.63, 3.8) is 0 Å².